The molecule has 0 aromatic carbocycles. The second kappa shape index (κ2) is 8.54. The maximum atomic E-state index is 4.57. The molecule has 0 fully saturated rings. The molecule has 0 amide bonds. The maximum absolute atomic E-state index is 4.57. The number of rotatable bonds is 0. The molecule has 0 N–H and O–H groups in total. The Morgan fingerprint density at radius 3 is 0.933 bits per heavy atom. The molecule has 1 aliphatic rings. The first-order chi connectivity index (χ1) is 14.8. The Bertz CT molecular complexity index is 985. The standard InChI is InChI=1S/C26H24N4/c1-3-19-7-11-27-23(15-19)25-17-21(9-13-29-25)5-2-6-22-10-14-30-26(18-22)24-16-20(4-1)8-12-28-24/h7-18H,1-6H2. The van der Waals surface area contributed by atoms with Crippen LogP contribution < -0.4 is 0 Å². The van der Waals surface area contributed by atoms with Gasteiger partial charge in [0.2, 0.25) is 0 Å². The molecule has 4 heterocycles. The predicted molar refractivity (Wildman–Crippen MR) is 119 cm³/mol. The Kier molecular flexibility index (Phi) is 5.30. The highest BCUT2D eigenvalue weighted by molar-refractivity contribution is 5.56. The Labute approximate surface area is 177 Å². The molecule has 0 aliphatic heterocycles. The molecule has 8 bridgehead atoms. The molecule has 4 aromatic heterocycles. The molecule has 0 unspecified atom stereocenters. The number of aromatic nitrogens is 4. The van der Waals surface area contributed by atoms with E-state index in [0.29, 0.717) is 0 Å². The molecule has 0 saturated heterocycles. The van der Waals surface area contributed by atoms with E-state index in [1.54, 1.807) is 0 Å². The molecule has 1 aliphatic carbocycles. The fourth-order valence-corrected chi connectivity index (χ4v) is 4.07. The molecular weight excluding hydrogens is 368 g/mol. The molecular formula is C26H24N4. The molecule has 30 heavy (non-hydrogen) atoms. The van der Waals surface area contributed by atoms with Crippen LogP contribution in [0.1, 0.15) is 35.1 Å². The molecule has 0 saturated carbocycles. The summed E-state index contributed by atoms with van der Waals surface area (Å²) < 4.78 is 0. The minimum Gasteiger partial charge on any atom is -0.255 e. The lowest BCUT2D eigenvalue weighted by Crippen LogP contribution is -1.97. The zero-order valence-corrected chi connectivity index (χ0v) is 17.0. The third-order valence-corrected chi connectivity index (χ3v) is 5.68. The Morgan fingerprint density at radius 2 is 0.667 bits per heavy atom. The summed E-state index contributed by atoms with van der Waals surface area (Å²) >= 11 is 0. The van der Waals surface area contributed by atoms with Gasteiger partial charge in [-0.05, 0) is 109 Å². The van der Waals surface area contributed by atoms with E-state index in [0.717, 1.165) is 61.3 Å². The van der Waals surface area contributed by atoms with E-state index >= 15 is 0 Å². The van der Waals surface area contributed by atoms with Gasteiger partial charge >= 0.3 is 0 Å². The van der Waals surface area contributed by atoms with Crippen LogP contribution in [0.5, 0.6) is 0 Å². The van der Waals surface area contributed by atoms with Crippen LogP contribution in [0.4, 0.5) is 0 Å². The van der Waals surface area contributed by atoms with Crippen molar-refractivity contribution in [2.75, 3.05) is 0 Å². The summed E-state index contributed by atoms with van der Waals surface area (Å²) in [5.41, 5.74) is 9.05. The first kappa shape index (κ1) is 18.6. The molecule has 4 heteroatoms. The highest BCUT2D eigenvalue weighted by Gasteiger charge is 2.08. The van der Waals surface area contributed by atoms with Crippen molar-refractivity contribution in [1.82, 2.24) is 19.9 Å². The highest BCUT2D eigenvalue weighted by Crippen LogP contribution is 2.22. The SMILES string of the molecule is c1cc2cc(n1)-c1cc(ccn1)CCCc1ccnc(c1)-c1cc(ccn1)CCC2. The topological polar surface area (TPSA) is 51.6 Å². The Morgan fingerprint density at radius 1 is 0.400 bits per heavy atom. The normalized spacial score (nSPS) is 13.9. The van der Waals surface area contributed by atoms with Gasteiger partial charge < -0.3 is 0 Å². The van der Waals surface area contributed by atoms with Crippen LogP contribution in [-0.2, 0) is 25.7 Å². The third kappa shape index (κ3) is 4.28. The average molecular weight is 393 g/mol. The summed E-state index contributed by atoms with van der Waals surface area (Å²) in [5, 5.41) is 0. The van der Waals surface area contributed by atoms with E-state index in [9.17, 15) is 0 Å². The van der Waals surface area contributed by atoms with Gasteiger partial charge in [0.1, 0.15) is 0 Å². The van der Waals surface area contributed by atoms with Crippen molar-refractivity contribution in [3.05, 3.63) is 95.6 Å². The Hall–Kier alpha value is -3.40. The van der Waals surface area contributed by atoms with Crippen LogP contribution in [-0.4, -0.2) is 19.9 Å². The fraction of sp³-hybridized carbons (Fsp3) is 0.231. The van der Waals surface area contributed by atoms with Crippen LogP contribution >= 0.6 is 0 Å². The van der Waals surface area contributed by atoms with Crippen molar-refractivity contribution in [2.24, 2.45) is 0 Å². The number of fused-ring (bicyclic) bond motifs is 10. The van der Waals surface area contributed by atoms with Gasteiger partial charge in [0.05, 0.1) is 22.8 Å². The van der Waals surface area contributed by atoms with Crippen molar-refractivity contribution in [2.45, 2.75) is 38.5 Å². The molecule has 4 nitrogen and oxygen atoms in total. The lowest BCUT2D eigenvalue weighted by Gasteiger charge is -2.09. The average Bonchev–Trinajstić information content (AvgIpc) is 2.80. The van der Waals surface area contributed by atoms with Crippen molar-refractivity contribution < 1.29 is 0 Å². The molecule has 0 spiro atoms. The van der Waals surface area contributed by atoms with Gasteiger partial charge in [-0.3, -0.25) is 19.9 Å². The van der Waals surface area contributed by atoms with E-state index in [1.165, 1.54) is 22.3 Å². The molecule has 0 radical (unpaired) electrons. The summed E-state index contributed by atoms with van der Waals surface area (Å²) in [7, 11) is 0. The summed E-state index contributed by atoms with van der Waals surface area (Å²) in [4.78, 5) is 18.3. The monoisotopic (exact) mass is 392 g/mol. The van der Waals surface area contributed by atoms with Crippen molar-refractivity contribution in [1.29, 1.82) is 0 Å². The largest absolute Gasteiger partial charge is 0.255 e. The van der Waals surface area contributed by atoms with Crippen LogP contribution in [0.15, 0.2) is 73.3 Å². The molecule has 0 atom stereocenters. The van der Waals surface area contributed by atoms with E-state index in [-0.39, 0.29) is 0 Å². The minimum atomic E-state index is 0.959. The second-order valence-electron chi connectivity index (χ2n) is 7.90. The van der Waals surface area contributed by atoms with Crippen LogP contribution in [0.2, 0.25) is 0 Å². The van der Waals surface area contributed by atoms with Gasteiger partial charge in [-0.25, -0.2) is 0 Å². The zero-order chi connectivity index (χ0) is 20.2. The first-order valence-corrected chi connectivity index (χ1v) is 10.6. The smallest absolute Gasteiger partial charge is 0.0888 e. The molecule has 148 valence electrons. The highest BCUT2D eigenvalue weighted by atomic mass is 14.8. The van der Waals surface area contributed by atoms with E-state index in [1.807, 2.05) is 24.8 Å². The molecule has 5 rings (SSSR count). The van der Waals surface area contributed by atoms with Crippen LogP contribution in [0.3, 0.4) is 0 Å². The van der Waals surface area contributed by atoms with Gasteiger partial charge in [-0.1, -0.05) is 0 Å². The van der Waals surface area contributed by atoms with Crippen molar-refractivity contribution in [3.63, 3.8) is 0 Å². The number of hydrogen-bond donors (Lipinski definition) is 0. The minimum absolute atomic E-state index is 0.959. The third-order valence-electron chi connectivity index (χ3n) is 5.68. The summed E-state index contributed by atoms with van der Waals surface area (Å²) in [6.45, 7) is 0. The van der Waals surface area contributed by atoms with Gasteiger partial charge in [0, 0.05) is 24.8 Å². The zero-order valence-electron chi connectivity index (χ0n) is 17.0. The van der Waals surface area contributed by atoms with E-state index in [2.05, 4.69) is 68.5 Å². The van der Waals surface area contributed by atoms with Crippen molar-refractivity contribution in [3.8, 4) is 22.8 Å². The summed E-state index contributed by atoms with van der Waals surface area (Å²) in [6.07, 6.45) is 13.8. The number of pyridine rings is 4. The van der Waals surface area contributed by atoms with Gasteiger partial charge in [-0.2, -0.15) is 0 Å². The quantitative estimate of drug-likeness (QED) is 0.409. The number of nitrogens with zero attached hydrogens (tertiary/aromatic N) is 4. The van der Waals surface area contributed by atoms with E-state index in [4.69, 9.17) is 0 Å². The lowest BCUT2D eigenvalue weighted by atomic mass is 10.0. The number of hydrogen-bond acceptors (Lipinski definition) is 4. The Balaban J connectivity index is 1.50. The van der Waals surface area contributed by atoms with Crippen LogP contribution in [0.25, 0.3) is 22.8 Å². The summed E-state index contributed by atoms with van der Waals surface area (Å²) in [6, 6.07) is 17.2. The lowest BCUT2D eigenvalue weighted by molar-refractivity contribution is 0.815. The fourth-order valence-electron chi connectivity index (χ4n) is 4.07. The maximum Gasteiger partial charge on any atom is 0.0888 e. The molecule has 4 aromatic rings. The van der Waals surface area contributed by atoms with Gasteiger partial charge in [-0.15, -0.1) is 0 Å². The van der Waals surface area contributed by atoms with Crippen LogP contribution in [0, 0.1) is 0 Å². The number of aryl methyl sites for hydroxylation is 4. The van der Waals surface area contributed by atoms with E-state index < -0.39 is 0 Å². The van der Waals surface area contributed by atoms with Crippen molar-refractivity contribution >= 4 is 0 Å². The second-order valence-corrected chi connectivity index (χ2v) is 7.90. The summed E-state index contributed by atoms with van der Waals surface area (Å²) in [5.74, 6) is 0. The first-order valence-electron chi connectivity index (χ1n) is 10.6. The predicted octanol–water partition coefficient (Wildman–Crippen LogP) is 5.26. The van der Waals surface area contributed by atoms with Gasteiger partial charge in [0.25, 0.3) is 0 Å². The van der Waals surface area contributed by atoms with Gasteiger partial charge in [0.15, 0.2) is 0 Å².